The molecule has 0 radical (unpaired) electrons. The van der Waals surface area contributed by atoms with Gasteiger partial charge >= 0.3 is 0 Å². The minimum absolute atomic E-state index is 1.01. The van der Waals surface area contributed by atoms with Gasteiger partial charge in [0.15, 0.2) is 0 Å². The van der Waals surface area contributed by atoms with E-state index in [1.807, 2.05) is 12.1 Å². The number of benzene rings is 2. The fraction of sp³-hybridized carbons (Fsp3) is 0. The van der Waals surface area contributed by atoms with Crippen LogP contribution < -0.4 is 0 Å². The van der Waals surface area contributed by atoms with Gasteiger partial charge < -0.3 is 0 Å². The highest BCUT2D eigenvalue weighted by Gasteiger charge is 2.09. The fourth-order valence-corrected chi connectivity index (χ4v) is 3.32. The standard InChI is InChI=1S/C21H15NS/c1-3-8-16(9-4-1)18-14-19(17-10-5-2-6-11-17)22-20(15-18)21-12-7-13-23-21/h1-15H. The van der Waals surface area contributed by atoms with Crippen LogP contribution in [0.15, 0.2) is 90.3 Å². The van der Waals surface area contributed by atoms with Crippen molar-refractivity contribution in [1.29, 1.82) is 0 Å². The Balaban J connectivity index is 1.91. The van der Waals surface area contributed by atoms with E-state index in [1.54, 1.807) is 11.3 Å². The van der Waals surface area contributed by atoms with Crippen LogP contribution in [0.25, 0.3) is 33.0 Å². The molecule has 0 N–H and O–H groups in total. The number of hydrogen-bond donors (Lipinski definition) is 0. The van der Waals surface area contributed by atoms with Crippen LogP contribution in [0.1, 0.15) is 0 Å². The van der Waals surface area contributed by atoms with Crippen molar-refractivity contribution in [3.8, 4) is 33.0 Å². The third kappa shape index (κ3) is 2.94. The Morgan fingerprint density at radius 3 is 1.87 bits per heavy atom. The second-order valence-electron chi connectivity index (χ2n) is 5.34. The van der Waals surface area contributed by atoms with Crippen molar-refractivity contribution in [3.63, 3.8) is 0 Å². The average Bonchev–Trinajstić information content (AvgIpc) is 3.18. The van der Waals surface area contributed by atoms with Gasteiger partial charge in [0.25, 0.3) is 0 Å². The molecule has 2 aromatic heterocycles. The van der Waals surface area contributed by atoms with Gasteiger partial charge in [-0.25, -0.2) is 4.98 Å². The van der Waals surface area contributed by atoms with E-state index < -0.39 is 0 Å². The van der Waals surface area contributed by atoms with Crippen LogP contribution in [-0.4, -0.2) is 4.98 Å². The molecule has 0 aliphatic heterocycles. The first-order valence-corrected chi connectivity index (χ1v) is 8.45. The van der Waals surface area contributed by atoms with Crippen LogP contribution >= 0.6 is 11.3 Å². The molecule has 0 bridgehead atoms. The topological polar surface area (TPSA) is 12.9 Å². The van der Waals surface area contributed by atoms with Crippen LogP contribution in [0.2, 0.25) is 0 Å². The van der Waals surface area contributed by atoms with Crippen molar-refractivity contribution < 1.29 is 0 Å². The normalized spacial score (nSPS) is 10.6. The lowest BCUT2D eigenvalue weighted by atomic mass is 10.0. The second kappa shape index (κ2) is 6.19. The van der Waals surface area contributed by atoms with E-state index in [0.29, 0.717) is 0 Å². The summed E-state index contributed by atoms with van der Waals surface area (Å²) < 4.78 is 0. The van der Waals surface area contributed by atoms with Gasteiger partial charge in [0.1, 0.15) is 0 Å². The van der Waals surface area contributed by atoms with Crippen LogP contribution in [0.5, 0.6) is 0 Å². The molecule has 23 heavy (non-hydrogen) atoms. The van der Waals surface area contributed by atoms with Crippen LogP contribution in [0.3, 0.4) is 0 Å². The molecule has 110 valence electrons. The fourth-order valence-electron chi connectivity index (χ4n) is 2.64. The van der Waals surface area contributed by atoms with Crippen molar-refractivity contribution in [1.82, 2.24) is 4.98 Å². The summed E-state index contributed by atoms with van der Waals surface area (Å²) in [6.07, 6.45) is 0. The van der Waals surface area contributed by atoms with Crippen molar-refractivity contribution in [2.24, 2.45) is 0 Å². The second-order valence-corrected chi connectivity index (χ2v) is 6.28. The summed E-state index contributed by atoms with van der Waals surface area (Å²) >= 11 is 1.72. The lowest BCUT2D eigenvalue weighted by Crippen LogP contribution is -1.89. The number of aromatic nitrogens is 1. The molecule has 0 unspecified atom stereocenters. The predicted octanol–water partition coefficient (Wildman–Crippen LogP) is 6.14. The van der Waals surface area contributed by atoms with E-state index in [4.69, 9.17) is 4.98 Å². The molecule has 0 atom stereocenters. The van der Waals surface area contributed by atoms with Crippen molar-refractivity contribution >= 4 is 11.3 Å². The number of hydrogen-bond acceptors (Lipinski definition) is 2. The maximum atomic E-state index is 4.88. The molecule has 0 saturated heterocycles. The molecule has 2 heteroatoms. The van der Waals surface area contributed by atoms with Gasteiger partial charge in [-0.2, -0.15) is 0 Å². The maximum Gasteiger partial charge on any atom is 0.0815 e. The number of rotatable bonds is 3. The molecule has 0 saturated carbocycles. The summed E-state index contributed by atoms with van der Waals surface area (Å²) in [5.41, 5.74) is 5.59. The smallest absolute Gasteiger partial charge is 0.0815 e. The molecule has 0 spiro atoms. The zero-order valence-electron chi connectivity index (χ0n) is 12.5. The summed E-state index contributed by atoms with van der Waals surface area (Å²) in [6.45, 7) is 0. The first-order chi connectivity index (χ1) is 11.4. The summed E-state index contributed by atoms with van der Waals surface area (Å²) in [6, 6.07) is 29.4. The summed E-state index contributed by atoms with van der Waals surface area (Å²) in [5, 5.41) is 2.09. The minimum Gasteiger partial charge on any atom is -0.247 e. The molecular weight excluding hydrogens is 298 g/mol. The lowest BCUT2D eigenvalue weighted by molar-refractivity contribution is 1.33. The van der Waals surface area contributed by atoms with E-state index in [1.165, 1.54) is 16.0 Å². The Hall–Kier alpha value is -2.71. The van der Waals surface area contributed by atoms with Gasteiger partial charge in [0.2, 0.25) is 0 Å². The minimum atomic E-state index is 1.01. The molecule has 4 rings (SSSR count). The largest absolute Gasteiger partial charge is 0.247 e. The Labute approximate surface area is 139 Å². The maximum absolute atomic E-state index is 4.88. The van der Waals surface area contributed by atoms with Crippen molar-refractivity contribution in [2.45, 2.75) is 0 Å². The van der Waals surface area contributed by atoms with E-state index >= 15 is 0 Å². The van der Waals surface area contributed by atoms with Crippen molar-refractivity contribution in [3.05, 3.63) is 90.3 Å². The molecule has 4 aromatic rings. The monoisotopic (exact) mass is 313 g/mol. The molecule has 0 amide bonds. The number of thiophene rings is 1. The average molecular weight is 313 g/mol. The first kappa shape index (κ1) is 13.9. The van der Waals surface area contributed by atoms with Crippen LogP contribution in [-0.2, 0) is 0 Å². The van der Waals surface area contributed by atoms with Gasteiger partial charge in [-0.3, -0.25) is 0 Å². The third-order valence-electron chi connectivity index (χ3n) is 3.78. The Morgan fingerprint density at radius 2 is 1.22 bits per heavy atom. The molecule has 2 aromatic carbocycles. The third-order valence-corrected chi connectivity index (χ3v) is 4.67. The van der Waals surface area contributed by atoms with E-state index in [2.05, 4.69) is 78.2 Å². The molecule has 0 aliphatic rings. The van der Waals surface area contributed by atoms with Crippen molar-refractivity contribution in [2.75, 3.05) is 0 Å². The first-order valence-electron chi connectivity index (χ1n) is 7.57. The summed E-state index contributed by atoms with van der Waals surface area (Å²) in [4.78, 5) is 6.08. The molecule has 2 heterocycles. The zero-order chi connectivity index (χ0) is 15.5. The number of nitrogens with zero attached hydrogens (tertiary/aromatic N) is 1. The SMILES string of the molecule is c1ccc(-c2cc(-c3ccccc3)nc(-c3cccs3)c2)cc1. The zero-order valence-corrected chi connectivity index (χ0v) is 13.3. The Bertz CT molecular complexity index is 840. The van der Waals surface area contributed by atoms with E-state index in [-0.39, 0.29) is 0 Å². The molecule has 1 nitrogen and oxygen atoms in total. The number of pyridine rings is 1. The summed E-state index contributed by atoms with van der Waals surface area (Å²) in [5.74, 6) is 0. The molecule has 0 fully saturated rings. The lowest BCUT2D eigenvalue weighted by Gasteiger charge is -2.09. The van der Waals surface area contributed by atoms with Gasteiger partial charge in [0.05, 0.1) is 16.3 Å². The van der Waals surface area contributed by atoms with Gasteiger partial charge in [-0.05, 0) is 34.7 Å². The quantitative estimate of drug-likeness (QED) is 0.442. The summed E-state index contributed by atoms with van der Waals surface area (Å²) in [7, 11) is 0. The highest BCUT2D eigenvalue weighted by atomic mass is 32.1. The predicted molar refractivity (Wildman–Crippen MR) is 98.4 cm³/mol. The molecular formula is C21H15NS. The van der Waals surface area contributed by atoms with E-state index in [0.717, 1.165) is 17.0 Å². The highest BCUT2D eigenvalue weighted by molar-refractivity contribution is 7.13. The van der Waals surface area contributed by atoms with Gasteiger partial charge in [0, 0.05) is 5.56 Å². The Kier molecular flexibility index (Phi) is 3.75. The van der Waals surface area contributed by atoms with Gasteiger partial charge in [-0.1, -0.05) is 66.7 Å². The highest BCUT2D eigenvalue weighted by Crippen LogP contribution is 2.31. The van der Waals surface area contributed by atoms with E-state index in [9.17, 15) is 0 Å². The molecule has 0 aliphatic carbocycles. The Morgan fingerprint density at radius 1 is 0.565 bits per heavy atom. The van der Waals surface area contributed by atoms with Gasteiger partial charge in [-0.15, -0.1) is 11.3 Å². The van der Waals surface area contributed by atoms with Crippen LogP contribution in [0, 0.1) is 0 Å². The van der Waals surface area contributed by atoms with Crippen LogP contribution in [0.4, 0.5) is 0 Å².